The zero-order valence-electron chi connectivity index (χ0n) is 13.8. The maximum atomic E-state index is 12.4. The molecule has 2 rings (SSSR count). The molecule has 0 bridgehead atoms. The van der Waals surface area contributed by atoms with E-state index in [4.69, 9.17) is 0 Å². The van der Waals surface area contributed by atoms with Crippen molar-refractivity contribution in [1.82, 2.24) is 10.2 Å². The summed E-state index contributed by atoms with van der Waals surface area (Å²) in [6.45, 7) is 2.54. The molecule has 4 nitrogen and oxygen atoms in total. The van der Waals surface area contributed by atoms with Crippen molar-refractivity contribution in [3.63, 3.8) is 0 Å². The molecule has 0 heterocycles. The van der Waals surface area contributed by atoms with Gasteiger partial charge < -0.3 is 10.2 Å². The van der Waals surface area contributed by atoms with Gasteiger partial charge in [0.2, 0.25) is 5.91 Å². The van der Waals surface area contributed by atoms with Crippen LogP contribution in [0.1, 0.15) is 27.0 Å². The molecule has 0 atom stereocenters. The first-order chi connectivity index (χ1) is 11.0. The Morgan fingerprint density at radius 2 is 1.70 bits per heavy atom. The maximum Gasteiger partial charge on any atom is 0.251 e. The summed E-state index contributed by atoms with van der Waals surface area (Å²) in [5.74, 6) is -0.0322. The minimum Gasteiger partial charge on any atom is -0.355 e. The lowest BCUT2D eigenvalue weighted by atomic mass is 10.1. The monoisotopic (exact) mass is 310 g/mol. The third-order valence-corrected chi connectivity index (χ3v) is 3.89. The Morgan fingerprint density at radius 1 is 1.04 bits per heavy atom. The van der Waals surface area contributed by atoms with E-state index in [2.05, 4.69) is 5.32 Å². The minimum atomic E-state index is -0.111. The van der Waals surface area contributed by atoms with E-state index in [1.54, 1.807) is 31.1 Å². The van der Waals surface area contributed by atoms with E-state index in [9.17, 15) is 9.59 Å². The van der Waals surface area contributed by atoms with Gasteiger partial charge in [-0.3, -0.25) is 9.59 Å². The van der Waals surface area contributed by atoms with E-state index in [0.29, 0.717) is 18.5 Å². The molecule has 1 N–H and O–H groups in total. The molecule has 0 aliphatic carbocycles. The second kappa shape index (κ2) is 7.58. The Balaban J connectivity index is 1.98. The SMILES string of the molecule is CNC(=O)c1ccc(CN(C)C(=O)Cc2ccccc2C)cc1. The second-order valence-corrected chi connectivity index (χ2v) is 5.63. The van der Waals surface area contributed by atoms with Gasteiger partial charge in [0.15, 0.2) is 0 Å². The van der Waals surface area contributed by atoms with Gasteiger partial charge in [-0.15, -0.1) is 0 Å². The highest BCUT2D eigenvalue weighted by Gasteiger charge is 2.12. The Kier molecular flexibility index (Phi) is 5.52. The minimum absolute atomic E-state index is 0.0784. The quantitative estimate of drug-likeness (QED) is 0.922. The van der Waals surface area contributed by atoms with Crippen molar-refractivity contribution in [2.45, 2.75) is 19.9 Å². The van der Waals surface area contributed by atoms with Crippen molar-refractivity contribution < 1.29 is 9.59 Å². The van der Waals surface area contributed by atoms with Gasteiger partial charge in [0.05, 0.1) is 6.42 Å². The van der Waals surface area contributed by atoms with E-state index in [0.717, 1.165) is 16.7 Å². The van der Waals surface area contributed by atoms with Crippen molar-refractivity contribution >= 4 is 11.8 Å². The topological polar surface area (TPSA) is 49.4 Å². The van der Waals surface area contributed by atoms with E-state index < -0.39 is 0 Å². The Hall–Kier alpha value is -2.62. The van der Waals surface area contributed by atoms with Crippen LogP contribution in [0.15, 0.2) is 48.5 Å². The Bertz CT molecular complexity index is 693. The summed E-state index contributed by atoms with van der Waals surface area (Å²) in [7, 11) is 3.40. The van der Waals surface area contributed by atoms with Crippen LogP contribution in [0.2, 0.25) is 0 Å². The molecule has 4 heteroatoms. The van der Waals surface area contributed by atoms with Crippen LogP contribution in [-0.4, -0.2) is 30.8 Å². The third-order valence-electron chi connectivity index (χ3n) is 3.89. The zero-order valence-corrected chi connectivity index (χ0v) is 13.8. The molecule has 0 radical (unpaired) electrons. The van der Waals surface area contributed by atoms with Crippen LogP contribution >= 0.6 is 0 Å². The highest BCUT2D eigenvalue weighted by atomic mass is 16.2. The molecule has 2 aromatic rings. The van der Waals surface area contributed by atoms with Gasteiger partial charge in [0, 0.05) is 26.2 Å². The molecule has 0 unspecified atom stereocenters. The number of hydrogen-bond acceptors (Lipinski definition) is 2. The lowest BCUT2D eigenvalue weighted by molar-refractivity contribution is -0.129. The molecule has 0 aliphatic rings. The summed E-state index contributed by atoms with van der Waals surface area (Å²) < 4.78 is 0. The number of benzene rings is 2. The van der Waals surface area contributed by atoms with Crippen molar-refractivity contribution in [2.75, 3.05) is 14.1 Å². The number of nitrogens with one attached hydrogen (secondary N) is 1. The number of rotatable bonds is 5. The fraction of sp³-hybridized carbons (Fsp3) is 0.263. The van der Waals surface area contributed by atoms with Gasteiger partial charge in [0.1, 0.15) is 0 Å². The molecule has 0 saturated carbocycles. The van der Waals surface area contributed by atoms with Gasteiger partial charge in [-0.05, 0) is 35.7 Å². The number of carbonyl (C=O) groups excluding carboxylic acids is 2. The molecule has 0 saturated heterocycles. The number of nitrogens with zero attached hydrogens (tertiary/aromatic N) is 1. The summed E-state index contributed by atoms with van der Waals surface area (Å²) in [6.07, 6.45) is 0.402. The fourth-order valence-corrected chi connectivity index (χ4v) is 2.37. The third kappa shape index (κ3) is 4.42. The molecule has 2 amide bonds. The number of amides is 2. The lowest BCUT2D eigenvalue weighted by Crippen LogP contribution is -2.28. The predicted molar refractivity (Wildman–Crippen MR) is 91.2 cm³/mol. The van der Waals surface area contributed by atoms with E-state index in [1.807, 2.05) is 43.3 Å². The second-order valence-electron chi connectivity index (χ2n) is 5.63. The van der Waals surface area contributed by atoms with Crippen LogP contribution in [0.25, 0.3) is 0 Å². The van der Waals surface area contributed by atoms with Crippen LogP contribution in [0.3, 0.4) is 0 Å². The number of carbonyl (C=O) groups is 2. The fourth-order valence-electron chi connectivity index (χ4n) is 2.37. The zero-order chi connectivity index (χ0) is 16.8. The molecule has 23 heavy (non-hydrogen) atoms. The first-order valence-corrected chi connectivity index (χ1v) is 7.60. The Morgan fingerprint density at radius 3 is 2.30 bits per heavy atom. The van der Waals surface area contributed by atoms with Gasteiger partial charge in [0.25, 0.3) is 5.91 Å². The summed E-state index contributed by atoms with van der Waals surface area (Å²) in [5.41, 5.74) is 3.80. The smallest absolute Gasteiger partial charge is 0.251 e. The van der Waals surface area contributed by atoms with E-state index >= 15 is 0 Å². The molecular weight excluding hydrogens is 288 g/mol. The van der Waals surface area contributed by atoms with Crippen molar-refractivity contribution in [1.29, 1.82) is 0 Å². The highest BCUT2D eigenvalue weighted by Crippen LogP contribution is 2.11. The molecule has 120 valence electrons. The molecule has 2 aromatic carbocycles. The average molecular weight is 310 g/mol. The summed E-state index contributed by atoms with van der Waals surface area (Å²) >= 11 is 0. The van der Waals surface area contributed by atoms with E-state index in [-0.39, 0.29) is 11.8 Å². The van der Waals surface area contributed by atoms with Gasteiger partial charge >= 0.3 is 0 Å². The molecule has 0 fully saturated rings. The first kappa shape index (κ1) is 16.7. The van der Waals surface area contributed by atoms with Crippen molar-refractivity contribution in [3.8, 4) is 0 Å². The molecule has 0 aliphatic heterocycles. The van der Waals surface area contributed by atoms with Crippen LogP contribution in [0.4, 0.5) is 0 Å². The summed E-state index contributed by atoms with van der Waals surface area (Å²) in [4.78, 5) is 25.6. The van der Waals surface area contributed by atoms with E-state index in [1.165, 1.54) is 0 Å². The summed E-state index contributed by atoms with van der Waals surface area (Å²) in [6, 6.07) is 15.2. The number of aryl methyl sites for hydroxylation is 1. The van der Waals surface area contributed by atoms with Crippen molar-refractivity contribution in [2.24, 2.45) is 0 Å². The standard InChI is InChI=1S/C19H22N2O2/c1-14-6-4-5-7-17(14)12-18(22)21(3)13-15-8-10-16(11-9-15)19(23)20-2/h4-11H,12-13H2,1-3H3,(H,20,23). The highest BCUT2D eigenvalue weighted by molar-refractivity contribution is 5.93. The van der Waals surface area contributed by atoms with Gasteiger partial charge in [-0.1, -0.05) is 36.4 Å². The van der Waals surface area contributed by atoms with Crippen molar-refractivity contribution in [3.05, 3.63) is 70.8 Å². The normalized spacial score (nSPS) is 10.2. The van der Waals surface area contributed by atoms with Crippen LogP contribution in [-0.2, 0) is 17.8 Å². The van der Waals surface area contributed by atoms with Gasteiger partial charge in [-0.2, -0.15) is 0 Å². The maximum absolute atomic E-state index is 12.4. The number of hydrogen-bond donors (Lipinski definition) is 1. The van der Waals surface area contributed by atoms with Crippen LogP contribution in [0, 0.1) is 6.92 Å². The largest absolute Gasteiger partial charge is 0.355 e. The average Bonchev–Trinajstić information content (AvgIpc) is 2.56. The summed E-state index contributed by atoms with van der Waals surface area (Å²) in [5, 5.41) is 2.59. The van der Waals surface area contributed by atoms with Crippen LogP contribution in [0.5, 0.6) is 0 Å². The lowest BCUT2D eigenvalue weighted by Gasteiger charge is -2.18. The Labute approximate surface area is 137 Å². The van der Waals surface area contributed by atoms with Crippen LogP contribution < -0.4 is 5.32 Å². The molecular formula is C19H22N2O2. The van der Waals surface area contributed by atoms with Gasteiger partial charge in [-0.25, -0.2) is 0 Å². The predicted octanol–water partition coefficient (Wildman–Crippen LogP) is 2.56. The first-order valence-electron chi connectivity index (χ1n) is 7.60. The molecule has 0 spiro atoms. The molecule has 0 aromatic heterocycles. The number of likely N-dealkylation sites (N-methyl/N-ethyl adjacent to an activating group) is 1.